The molecular formula is C13H14BrNO2S. The van der Waals surface area contributed by atoms with E-state index in [1.807, 2.05) is 17.5 Å². The second-order valence-corrected chi connectivity index (χ2v) is 6.18. The lowest BCUT2D eigenvalue weighted by Crippen LogP contribution is -2.01. The van der Waals surface area contributed by atoms with Gasteiger partial charge in [-0.25, -0.2) is 0 Å². The Morgan fingerprint density at radius 1 is 1.39 bits per heavy atom. The molecule has 0 aliphatic heterocycles. The largest absolute Gasteiger partial charge is 0.492 e. The van der Waals surface area contributed by atoms with Gasteiger partial charge in [0.2, 0.25) is 0 Å². The number of ether oxygens (including phenoxy) is 1. The third kappa shape index (κ3) is 3.31. The average Bonchev–Trinajstić information content (AvgIpc) is 2.82. The molecule has 3 nitrogen and oxygen atoms in total. The van der Waals surface area contributed by atoms with Gasteiger partial charge in [0, 0.05) is 11.8 Å². The number of hydrogen-bond acceptors (Lipinski definition) is 4. The van der Waals surface area contributed by atoms with Crippen LogP contribution in [0.2, 0.25) is 0 Å². The number of halogens is 1. The second kappa shape index (κ2) is 6.31. The maximum absolute atomic E-state index is 10.2. The number of rotatable bonds is 5. The number of hydrogen-bond donors (Lipinski definition) is 1. The minimum Gasteiger partial charge on any atom is -0.492 e. The zero-order valence-corrected chi connectivity index (χ0v) is 12.4. The molecular weight excluding hydrogens is 314 g/mol. The molecule has 0 aliphatic rings. The summed E-state index contributed by atoms with van der Waals surface area (Å²) in [6, 6.07) is 3.74. The first kappa shape index (κ1) is 13.5. The van der Waals surface area contributed by atoms with Crippen molar-refractivity contribution in [3.63, 3.8) is 0 Å². The monoisotopic (exact) mass is 327 g/mol. The molecule has 1 N–H and O–H groups in total. The lowest BCUT2D eigenvalue weighted by Gasteiger charge is -2.11. The molecule has 0 amide bonds. The molecule has 2 aromatic heterocycles. The van der Waals surface area contributed by atoms with E-state index >= 15 is 0 Å². The van der Waals surface area contributed by atoms with Gasteiger partial charge in [0.1, 0.15) is 11.9 Å². The van der Waals surface area contributed by atoms with Gasteiger partial charge in [0.25, 0.3) is 0 Å². The van der Waals surface area contributed by atoms with Crippen molar-refractivity contribution in [1.82, 2.24) is 4.98 Å². The summed E-state index contributed by atoms with van der Waals surface area (Å²) in [5.41, 5.74) is 1.61. The second-order valence-electron chi connectivity index (χ2n) is 3.89. The first-order chi connectivity index (χ1) is 8.70. The van der Waals surface area contributed by atoms with Crippen molar-refractivity contribution >= 4 is 27.3 Å². The van der Waals surface area contributed by atoms with Crippen molar-refractivity contribution < 1.29 is 9.84 Å². The maximum atomic E-state index is 10.2. The van der Waals surface area contributed by atoms with Crippen LogP contribution in [0.25, 0.3) is 0 Å². The third-order valence-electron chi connectivity index (χ3n) is 2.43. The summed E-state index contributed by atoms with van der Waals surface area (Å²) in [6.07, 6.45) is 3.61. The van der Waals surface area contributed by atoms with Crippen molar-refractivity contribution in [2.45, 2.75) is 19.4 Å². The molecule has 0 bridgehead atoms. The van der Waals surface area contributed by atoms with Gasteiger partial charge >= 0.3 is 0 Å². The summed E-state index contributed by atoms with van der Waals surface area (Å²) in [6.45, 7) is 2.71. The Balaban J connectivity index is 2.17. The standard InChI is InChI=1S/C13H14BrNO2S/c1-2-3-17-11-4-9(6-15-7-11)13(16)10-5-12(14)18-8-10/h4-8,13,16H,2-3H2,1H3. The predicted octanol–water partition coefficient (Wildman–Crippen LogP) is 3.78. The highest BCUT2D eigenvalue weighted by Crippen LogP contribution is 2.30. The van der Waals surface area contributed by atoms with Crippen LogP contribution >= 0.6 is 27.3 Å². The van der Waals surface area contributed by atoms with Gasteiger partial charge in [-0.2, -0.15) is 0 Å². The molecule has 0 aromatic carbocycles. The highest BCUT2D eigenvalue weighted by Gasteiger charge is 2.13. The topological polar surface area (TPSA) is 42.4 Å². The number of aliphatic hydroxyl groups is 1. The van der Waals surface area contributed by atoms with Crippen molar-refractivity contribution in [2.24, 2.45) is 0 Å². The molecule has 2 rings (SSSR count). The first-order valence-electron chi connectivity index (χ1n) is 5.70. The Morgan fingerprint density at radius 3 is 2.89 bits per heavy atom. The van der Waals surface area contributed by atoms with Crippen LogP contribution in [0, 0.1) is 0 Å². The molecule has 0 aliphatic carbocycles. The number of thiophene rings is 1. The van der Waals surface area contributed by atoms with Crippen LogP contribution in [0.4, 0.5) is 0 Å². The quantitative estimate of drug-likeness (QED) is 0.908. The summed E-state index contributed by atoms with van der Waals surface area (Å²) in [5.74, 6) is 0.697. The van der Waals surface area contributed by atoms with E-state index < -0.39 is 6.10 Å². The summed E-state index contributed by atoms with van der Waals surface area (Å²) in [7, 11) is 0. The average molecular weight is 328 g/mol. The minimum absolute atomic E-state index is 0.658. The zero-order valence-electron chi connectivity index (χ0n) is 9.97. The summed E-state index contributed by atoms with van der Waals surface area (Å²) in [4.78, 5) is 4.10. The van der Waals surface area contributed by atoms with E-state index in [1.54, 1.807) is 23.7 Å². The molecule has 0 spiro atoms. The first-order valence-corrected chi connectivity index (χ1v) is 7.37. The van der Waals surface area contributed by atoms with Gasteiger partial charge in [0.05, 0.1) is 16.6 Å². The Labute approximate surface area is 119 Å². The molecule has 2 aromatic rings. The van der Waals surface area contributed by atoms with Crippen LogP contribution in [0.3, 0.4) is 0 Å². The fourth-order valence-corrected chi connectivity index (χ4v) is 2.74. The molecule has 2 heterocycles. The van der Waals surface area contributed by atoms with Crippen LogP contribution in [-0.2, 0) is 0 Å². The summed E-state index contributed by atoms with van der Waals surface area (Å²) >= 11 is 4.94. The van der Waals surface area contributed by atoms with E-state index in [4.69, 9.17) is 4.74 Å². The maximum Gasteiger partial charge on any atom is 0.137 e. The minimum atomic E-state index is -0.662. The highest BCUT2D eigenvalue weighted by atomic mass is 79.9. The molecule has 1 atom stereocenters. The van der Waals surface area contributed by atoms with Gasteiger partial charge in [-0.1, -0.05) is 6.92 Å². The summed E-state index contributed by atoms with van der Waals surface area (Å²) in [5, 5.41) is 12.2. The van der Waals surface area contributed by atoms with Crippen LogP contribution in [0.5, 0.6) is 5.75 Å². The molecule has 1 unspecified atom stereocenters. The number of pyridine rings is 1. The molecule has 18 heavy (non-hydrogen) atoms. The Kier molecular flexibility index (Phi) is 4.74. The molecule has 0 saturated heterocycles. The van der Waals surface area contributed by atoms with Crippen molar-refractivity contribution in [3.05, 3.63) is 44.8 Å². The van der Waals surface area contributed by atoms with Gasteiger partial charge in [-0.15, -0.1) is 11.3 Å². The molecule has 0 fully saturated rings. The van der Waals surface area contributed by atoms with Gasteiger partial charge in [0.15, 0.2) is 0 Å². The van der Waals surface area contributed by atoms with Gasteiger partial charge in [-0.3, -0.25) is 4.98 Å². The van der Waals surface area contributed by atoms with E-state index in [9.17, 15) is 5.11 Å². The fourth-order valence-electron chi connectivity index (χ4n) is 1.54. The molecule has 5 heteroatoms. The normalized spacial score (nSPS) is 12.4. The van der Waals surface area contributed by atoms with Gasteiger partial charge < -0.3 is 9.84 Å². The number of aromatic nitrogens is 1. The van der Waals surface area contributed by atoms with Crippen LogP contribution in [-0.4, -0.2) is 16.7 Å². The van der Waals surface area contributed by atoms with Crippen LogP contribution < -0.4 is 4.74 Å². The zero-order chi connectivity index (χ0) is 13.0. The van der Waals surface area contributed by atoms with E-state index in [2.05, 4.69) is 27.8 Å². The fraction of sp³-hybridized carbons (Fsp3) is 0.308. The van der Waals surface area contributed by atoms with E-state index in [-0.39, 0.29) is 0 Å². The van der Waals surface area contributed by atoms with Crippen LogP contribution in [0.15, 0.2) is 33.7 Å². The van der Waals surface area contributed by atoms with Crippen LogP contribution in [0.1, 0.15) is 30.6 Å². The van der Waals surface area contributed by atoms with Crippen molar-refractivity contribution in [2.75, 3.05) is 6.61 Å². The van der Waals surface area contributed by atoms with Gasteiger partial charge in [-0.05, 0) is 45.4 Å². The number of aliphatic hydroxyl groups excluding tert-OH is 1. The molecule has 0 saturated carbocycles. The highest BCUT2D eigenvalue weighted by molar-refractivity contribution is 9.11. The Bertz CT molecular complexity index is 515. The molecule has 96 valence electrons. The Morgan fingerprint density at radius 2 is 2.22 bits per heavy atom. The molecule has 0 radical (unpaired) electrons. The SMILES string of the molecule is CCCOc1cncc(C(O)c2csc(Br)c2)c1. The summed E-state index contributed by atoms with van der Waals surface area (Å²) < 4.78 is 6.51. The van der Waals surface area contributed by atoms with E-state index in [1.165, 1.54) is 0 Å². The third-order valence-corrected chi connectivity index (χ3v) is 3.95. The Hall–Kier alpha value is -0.910. The predicted molar refractivity (Wildman–Crippen MR) is 76.1 cm³/mol. The van der Waals surface area contributed by atoms with E-state index in [0.717, 1.165) is 21.3 Å². The van der Waals surface area contributed by atoms with Crippen molar-refractivity contribution in [1.29, 1.82) is 0 Å². The lowest BCUT2D eigenvalue weighted by molar-refractivity contribution is 0.219. The van der Waals surface area contributed by atoms with Crippen molar-refractivity contribution in [3.8, 4) is 5.75 Å². The van der Waals surface area contributed by atoms with E-state index in [0.29, 0.717) is 12.4 Å². The smallest absolute Gasteiger partial charge is 0.137 e. The number of nitrogens with zero attached hydrogens (tertiary/aromatic N) is 1. The lowest BCUT2D eigenvalue weighted by atomic mass is 10.1.